The standard InChI is InChI=1S/C42H58O6/c1-26-18-23-42(37(45)46-9)25-24-40(7)31(36(42)27(26)2)15-16-33-39(6)21-20-34(38(4,5)32(39)19-22-41(33,40)8)48-35(44)17-12-29-10-13-30(14-11-29)47-28(3)43/h10-15,17,26-27,32-34,36H,16,18-25H2,1-9H3/b17-12-/t26-,27+,32+,33-,34+,36+,39+,40-,41-,42+/m1/s1. The van der Waals surface area contributed by atoms with Crippen molar-refractivity contribution in [3.63, 3.8) is 0 Å². The lowest BCUT2D eigenvalue weighted by molar-refractivity contribution is -0.213. The number of carbonyl (C=O) groups is 3. The molecule has 5 aliphatic rings. The van der Waals surface area contributed by atoms with Crippen LogP contribution in [0.15, 0.2) is 42.0 Å². The monoisotopic (exact) mass is 658 g/mol. The lowest BCUT2D eigenvalue weighted by Crippen LogP contribution is -2.65. The van der Waals surface area contributed by atoms with E-state index < -0.39 is 0 Å². The second kappa shape index (κ2) is 12.2. The molecule has 4 saturated carbocycles. The molecule has 262 valence electrons. The molecular formula is C42H58O6. The number of carbonyl (C=O) groups excluding carboxylic acids is 3. The van der Waals surface area contributed by atoms with Gasteiger partial charge in [-0.15, -0.1) is 0 Å². The first-order chi connectivity index (χ1) is 22.5. The van der Waals surface area contributed by atoms with Crippen LogP contribution in [0.5, 0.6) is 5.75 Å². The maximum Gasteiger partial charge on any atom is 0.331 e. The molecule has 0 unspecified atom stereocenters. The summed E-state index contributed by atoms with van der Waals surface area (Å²) >= 11 is 0. The number of methoxy groups -OCH3 is 1. The minimum absolute atomic E-state index is 0.0128. The third-order valence-electron chi connectivity index (χ3n) is 15.3. The second-order valence-electron chi connectivity index (χ2n) is 17.6. The van der Waals surface area contributed by atoms with Crippen molar-refractivity contribution < 1.29 is 28.6 Å². The van der Waals surface area contributed by atoms with Gasteiger partial charge in [0.1, 0.15) is 11.9 Å². The molecule has 0 aromatic heterocycles. The second-order valence-corrected chi connectivity index (χ2v) is 17.6. The van der Waals surface area contributed by atoms with Crippen LogP contribution in [0.25, 0.3) is 6.08 Å². The van der Waals surface area contributed by atoms with Crippen molar-refractivity contribution in [1.82, 2.24) is 0 Å². The molecule has 4 fully saturated rings. The molecule has 0 aliphatic heterocycles. The highest BCUT2D eigenvalue weighted by Crippen LogP contribution is 2.76. The summed E-state index contributed by atoms with van der Waals surface area (Å²) in [5.41, 5.74) is 2.17. The fourth-order valence-corrected chi connectivity index (χ4v) is 12.4. The van der Waals surface area contributed by atoms with E-state index in [0.29, 0.717) is 29.4 Å². The van der Waals surface area contributed by atoms with Crippen LogP contribution in [0.4, 0.5) is 0 Å². The third-order valence-corrected chi connectivity index (χ3v) is 15.3. The van der Waals surface area contributed by atoms with Gasteiger partial charge in [0.15, 0.2) is 0 Å². The Bertz CT molecular complexity index is 1500. The van der Waals surface area contributed by atoms with E-state index in [1.165, 1.54) is 13.0 Å². The van der Waals surface area contributed by atoms with Gasteiger partial charge in [0.2, 0.25) is 0 Å². The number of hydrogen-bond acceptors (Lipinski definition) is 6. The summed E-state index contributed by atoms with van der Waals surface area (Å²) in [5.74, 6) is 2.09. The van der Waals surface area contributed by atoms with Crippen molar-refractivity contribution in [1.29, 1.82) is 0 Å². The number of fused-ring (bicyclic) bond motifs is 7. The number of hydrogen-bond donors (Lipinski definition) is 0. The minimum Gasteiger partial charge on any atom is -0.469 e. The van der Waals surface area contributed by atoms with E-state index in [2.05, 4.69) is 54.5 Å². The van der Waals surface area contributed by atoms with Crippen LogP contribution >= 0.6 is 0 Å². The first kappa shape index (κ1) is 35.0. The van der Waals surface area contributed by atoms with E-state index in [-0.39, 0.29) is 57.0 Å². The van der Waals surface area contributed by atoms with Crippen molar-refractivity contribution >= 4 is 24.0 Å². The van der Waals surface area contributed by atoms with Crippen LogP contribution in [0.3, 0.4) is 0 Å². The quantitative estimate of drug-likeness (QED) is 0.136. The summed E-state index contributed by atoms with van der Waals surface area (Å²) in [6, 6.07) is 7.08. The van der Waals surface area contributed by atoms with Crippen LogP contribution < -0.4 is 4.74 Å². The first-order valence-electron chi connectivity index (χ1n) is 18.5. The van der Waals surface area contributed by atoms with E-state index in [0.717, 1.165) is 63.4 Å². The summed E-state index contributed by atoms with van der Waals surface area (Å²) in [6.45, 7) is 18.5. The van der Waals surface area contributed by atoms with E-state index in [1.54, 1.807) is 30.9 Å². The zero-order chi connectivity index (χ0) is 34.9. The highest BCUT2D eigenvalue weighted by Gasteiger charge is 2.70. The predicted molar refractivity (Wildman–Crippen MR) is 188 cm³/mol. The van der Waals surface area contributed by atoms with Gasteiger partial charge >= 0.3 is 17.9 Å². The van der Waals surface area contributed by atoms with Crippen LogP contribution in [0, 0.1) is 56.7 Å². The highest BCUT2D eigenvalue weighted by atomic mass is 16.5. The maximum atomic E-state index is 13.6. The van der Waals surface area contributed by atoms with Gasteiger partial charge in [0.25, 0.3) is 0 Å². The minimum atomic E-state index is -0.387. The molecule has 48 heavy (non-hydrogen) atoms. The van der Waals surface area contributed by atoms with Gasteiger partial charge in [-0.05, 0) is 127 Å². The van der Waals surface area contributed by atoms with Crippen molar-refractivity contribution in [2.75, 3.05) is 7.11 Å². The Kier molecular flexibility index (Phi) is 8.85. The highest BCUT2D eigenvalue weighted by molar-refractivity contribution is 5.87. The molecule has 5 aliphatic carbocycles. The molecule has 0 heterocycles. The number of benzene rings is 1. The topological polar surface area (TPSA) is 78.9 Å². The largest absolute Gasteiger partial charge is 0.469 e. The van der Waals surface area contributed by atoms with Crippen LogP contribution in [-0.2, 0) is 23.9 Å². The number of ether oxygens (including phenoxy) is 3. The molecule has 6 rings (SSSR count). The molecule has 0 saturated heterocycles. The van der Waals surface area contributed by atoms with Gasteiger partial charge in [0.05, 0.1) is 12.5 Å². The molecule has 10 atom stereocenters. The molecule has 0 spiro atoms. The summed E-state index contributed by atoms with van der Waals surface area (Å²) in [5, 5.41) is 0. The van der Waals surface area contributed by atoms with Crippen molar-refractivity contribution in [2.24, 2.45) is 56.7 Å². The summed E-state index contributed by atoms with van der Waals surface area (Å²) in [7, 11) is 1.58. The van der Waals surface area contributed by atoms with Crippen molar-refractivity contribution in [2.45, 2.75) is 119 Å². The zero-order valence-electron chi connectivity index (χ0n) is 30.8. The van der Waals surface area contributed by atoms with E-state index in [9.17, 15) is 14.4 Å². The smallest absolute Gasteiger partial charge is 0.331 e. The number of esters is 3. The van der Waals surface area contributed by atoms with Gasteiger partial charge in [-0.1, -0.05) is 72.2 Å². The average Bonchev–Trinajstić information content (AvgIpc) is 3.03. The zero-order valence-corrected chi connectivity index (χ0v) is 30.8. The summed E-state index contributed by atoms with van der Waals surface area (Å²) < 4.78 is 16.9. The van der Waals surface area contributed by atoms with Gasteiger partial charge in [-0.3, -0.25) is 9.59 Å². The summed E-state index contributed by atoms with van der Waals surface area (Å²) in [6.07, 6.45) is 15.0. The lowest BCUT2D eigenvalue weighted by Gasteiger charge is -2.71. The number of allylic oxidation sites excluding steroid dienone is 2. The normalized spacial score (nSPS) is 41.5. The number of rotatable bonds is 5. The van der Waals surface area contributed by atoms with E-state index in [4.69, 9.17) is 14.2 Å². The molecule has 1 aromatic carbocycles. The summed E-state index contributed by atoms with van der Waals surface area (Å²) in [4.78, 5) is 37.9. The Labute approximate surface area is 288 Å². The fourth-order valence-electron chi connectivity index (χ4n) is 12.4. The fraction of sp³-hybridized carbons (Fsp3) is 0.690. The SMILES string of the molecule is COC(=O)[C@]12CC[C@@H](C)[C@H](C)[C@H]1C1=CC[C@@H]3[C@@]4(C)CC[C@H](OC(=O)/C=C\c5ccc(OC(C)=O)cc5)C(C)(C)[C@@H]4CC[C@@]3(C)[C@]1(C)CC2. The Morgan fingerprint density at radius 1 is 0.854 bits per heavy atom. The van der Waals surface area contributed by atoms with Gasteiger partial charge < -0.3 is 14.2 Å². The van der Waals surface area contributed by atoms with Crippen LogP contribution in [0.2, 0.25) is 0 Å². The Hall–Kier alpha value is -2.89. The van der Waals surface area contributed by atoms with Gasteiger partial charge in [-0.2, -0.15) is 0 Å². The van der Waals surface area contributed by atoms with Gasteiger partial charge in [0, 0.05) is 18.4 Å². The van der Waals surface area contributed by atoms with Crippen LogP contribution in [0.1, 0.15) is 119 Å². The maximum absolute atomic E-state index is 13.6. The predicted octanol–water partition coefficient (Wildman–Crippen LogP) is 9.37. The first-order valence-corrected chi connectivity index (χ1v) is 18.5. The Morgan fingerprint density at radius 2 is 1.56 bits per heavy atom. The lowest BCUT2D eigenvalue weighted by atomic mass is 9.33. The molecule has 1 aromatic rings. The molecule has 6 heteroatoms. The Morgan fingerprint density at radius 3 is 2.23 bits per heavy atom. The van der Waals surface area contributed by atoms with Crippen LogP contribution in [-0.4, -0.2) is 31.1 Å². The molecule has 0 bridgehead atoms. The molecule has 0 radical (unpaired) electrons. The van der Waals surface area contributed by atoms with E-state index >= 15 is 0 Å². The van der Waals surface area contributed by atoms with E-state index in [1.807, 2.05) is 12.1 Å². The third kappa shape index (κ3) is 5.21. The average molecular weight is 659 g/mol. The molecular weight excluding hydrogens is 600 g/mol. The molecule has 0 N–H and O–H groups in total. The Balaban J connectivity index is 1.23. The van der Waals surface area contributed by atoms with Gasteiger partial charge in [-0.25, -0.2) is 4.79 Å². The van der Waals surface area contributed by atoms with Crippen molar-refractivity contribution in [3.05, 3.63) is 47.6 Å². The molecule has 0 amide bonds. The van der Waals surface area contributed by atoms with Crippen molar-refractivity contribution in [3.8, 4) is 5.75 Å². The molecule has 6 nitrogen and oxygen atoms in total.